The number of ether oxygens (including phenoxy) is 1. The Morgan fingerprint density at radius 1 is 1.64 bits per heavy atom. The summed E-state index contributed by atoms with van der Waals surface area (Å²) in [6.45, 7) is 1.48. The normalized spacial score (nSPS) is 12.2. The molecule has 0 aliphatic carbocycles. The van der Waals surface area contributed by atoms with Gasteiger partial charge >= 0.3 is 5.97 Å². The first kappa shape index (κ1) is 11.6. The van der Waals surface area contributed by atoms with Gasteiger partial charge in [0, 0.05) is 3.57 Å². The number of hydrogen-bond acceptors (Lipinski definition) is 2. The van der Waals surface area contributed by atoms with Crippen LogP contribution in [0.5, 0.6) is 5.75 Å². The van der Waals surface area contributed by atoms with E-state index in [0.717, 1.165) is 3.57 Å². The Morgan fingerprint density at radius 2 is 2.29 bits per heavy atom. The van der Waals surface area contributed by atoms with E-state index in [2.05, 4.69) is 22.6 Å². The summed E-state index contributed by atoms with van der Waals surface area (Å²) < 4.78 is 5.98. The third kappa shape index (κ3) is 3.02. The molecule has 1 atom stereocenters. The minimum Gasteiger partial charge on any atom is -0.479 e. The van der Waals surface area contributed by atoms with Crippen molar-refractivity contribution in [1.82, 2.24) is 0 Å². The monoisotopic (exact) mass is 326 g/mol. The number of hydrogen-bond donors (Lipinski definition) is 1. The molecule has 0 bridgehead atoms. The predicted octanol–water partition coefficient (Wildman–Crippen LogP) is 2.80. The van der Waals surface area contributed by atoms with Crippen molar-refractivity contribution >= 4 is 40.2 Å². The van der Waals surface area contributed by atoms with Crippen molar-refractivity contribution in [2.24, 2.45) is 0 Å². The first-order chi connectivity index (χ1) is 6.50. The fourth-order valence-electron chi connectivity index (χ4n) is 0.805. The second kappa shape index (κ2) is 4.84. The minimum atomic E-state index is -0.991. The Labute approximate surface area is 100 Å². The number of halogens is 2. The molecular formula is C9H8ClIO3. The van der Waals surface area contributed by atoms with E-state index in [1.807, 2.05) is 0 Å². The molecular weight excluding hydrogens is 318 g/mol. The zero-order valence-corrected chi connectivity index (χ0v) is 10.2. The van der Waals surface area contributed by atoms with E-state index >= 15 is 0 Å². The van der Waals surface area contributed by atoms with Gasteiger partial charge in [0.05, 0.1) is 5.02 Å². The van der Waals surface area contributed by atoms with Gasteiger partial charge in [0.2, 0.25) is 0 Å². The molecule has 3 nitrogen and oxygen atoms in total. The molecule has 5 heteroatoms. The van der Waals surface area contributed by atoms with Crippen LogP contribution in [-0.4, -0.2) is 17.2 Å². The Hall–Kier alpha value is -0.490. The highest BCUT2D eigenvalue weighted by Gasteiger charge is 2.12. The lowest BCUT2D eigenvalue weighted by molar-refractivity contribution is -0.144. The maximum absolute atomic E-state index is 10.5. The molecule has 76 valence electrons. The van der Waals surface area contributed by atoms with Crippen LogP contribution in [0.2, 0.25) is 5.02 Å². The first-order valence-electron chi connectivity index (χ1n) is 3.85. The molecule has 0 saturated carbocycles. The van der Waals surface area contributed by atoms with Crippen LogP contribution in [-0.2, 0) is 4.79 Å². The molecule has 14 heavy (non-hydrogen) atoms. The van der Waals surface area contributed by atoms with Crippen molar-refractivity contribution in [3.63, 3.8) is 0 Å². The third-order valence-corrected chi connectivity index (χ3v) is 3.09. The summed E-state index contributed by atoms with van der Waals surface area (Å²) in [7, 11) is 0. The molecule has 0 fully saturated rings. The van der Waals surface area contributed by atoms with Gasteiger partial charge in [0.15, 0.2) is 6.10 Å². The van der Waals surface area contributed by atoms with E-state index < -0.39 is 12.1 Å². The molecule has 0 saturated heterocycles. The molecule has 0 heterocycles. The largest absolute Gasteiger partial charge is 0.479 e. The van der Waals surface area contributed by atoms with Crippen LogP contribution >= 0.6 is 34.2 Å². The van der Waals surface area contributed by atoms with Crippen LogP contribution in [0, 0.1) is 3.57 Å². The van der Waals surface area contributed by atoms with E-state index in [1.54, 1.807) is 18.2 Å². The van der Waals surface area contributed by atoms with E-state index in [1.165, 1.54) is 6.92 Å². The van der Waals surface area contributed by atoms with E-state index in [4.69, 9.17) is 21.4 Å². The molecule has 1 rings (SSSR count). The quantitative estimate of drug-likeness (QED) is 0.869. The van der Waals surface area contributed by atoms with E-state index in [9.17, 15) is 4.79 Å². The summed E-state index contributed by atoms with van der Waals surface area (Å²) in [4.78, 5) is 10.5. The fraction of sp³-hybridized carbons (Fsp3) is 0.222. The van der Waals surface area contributed by atoms with Crippen LogP contribution in [0.3, 0.4) is 0 Å². The van der Waals surface area contributed by atoms with Gasteiger partial charge in [-0.25, -0.2) is 4.79 Å². The van der Waals surface area contributed by atoms with Crippen LogP contribution in [0.25, 0.3) is 0 Å². The average Bonchev–Trinajstić information content (AvgIpc) is 2.11. The highest BCUT2D eigenvalue weighted by atomic mass is 127. The van der Waals surface area contributed by atoms with Crippen molar-refractivity contribution in [3.8, 4) is 5.75 Å². The van der Waals surface area contributed by atoms with Gasteiger partial charge < -0.3 is 9.84 Å². The van der Waals surface area contributed by atoms with Crippen molar-refractivity contribution in [2.75, 3.05) is 0 Å². The highest BCUT2D eigenvalue weighted by molar-refractivity contribution is 14.1. The molecule has 0 radical (unpaired) electrons. The zero-order valence-electron chi connectivity index (χ0n) is 7.33. The molecule has 1 aromatic rings. The van der Waals surface area contributed by atoms with E-state index in [0.29, 0.717) is 10.8 Å². The molecule has 0 spiro atoms. The molecule has 0 aliphatic heterocycles. The number of carboxylic acid groups (broad SMARTS) is 1. The molecule has 0 amide bonds. The number of carboxylic acids is 1. The lowest BCUT2D eigenvalue weighted by Gasteiger charge is -2.10. The Kier molecular flexibility index (Phi) is 4.00. The SMILES string of the molecule is CC(Oc1ccc(Cl)c(I)c1)C(=O)O. The van der Waals surface area contributed by atoms with Crippen molar-refractivity contribution < 1.29 is 14.6 Å². The fourth-order valence-corrected chi connectivity index (χ4v) is 1.41. The summed E-state index contributed by atoms with van der Waals surface area (Å²) in [5.41, 5.74) is 0. The van der Waals surface area contributed by atoms with E-state index in [-0.39, 0.29) is 0 Å². The number of carbonyl (C=O) groups is 1. The topological polar surface area (TPSA) is 46.5 Å². The van der Waals surface area contributed by atoms with Crippen molar-refractivity contribution in [1.29, 1.82) is 0 Å². The number of rotatable bonds is 3. The van der Waals surface area contributed by atoms with Gasteiger partial charge in [-0.05, 0) is 47.7 Å². The third-order valence-electron chi connectivity index (χ3n) is 1.55. The summed E-state index contributed by atoms with van der Waals surface area (Å²) in [5.74, 6) is -0.483. The maximum Gasteiger partial charge on any atom is 0.344 e. The van der Waals surface area contributed by atoms with Gasteiger partial charge in [0.25, 0.3) is 0 Å². The zero-order chi connectivity index (χ0) is 10.7. The van der Waals surface area contributed by atoms with Crippen LogP contribution in [0.4, 0.5) is 0 Å². The lowest BCUT2D eigenvalue weighted by atomic mass is 10.3. The smallest absolute Gasteiger partial charge is 0.344 e. The van der Waals surface area contributed by atoms with Crippen LogP contribution in [0.15, 0.2) is 18.2 Å². The minimum absolute atomic E-state index is 0.508. The summed E-state index contributed by atoms with van der Waals surface area (Å²) in [5, 5.41) is 9.24. The molecule has 1 aromatic carbocycles. The molecule has 0 aliphatic rings. The van der Waals surface area contributed by atoms with Gasteiger partial charge in [-0.1, -0.05) is 11.6 Å². The van der Waals surface area contributed by atoms with Gasteiger partial charge in [0.1, 0.15) is 5.75 Å². The average molecular weight is 327 g/mol. The maximum atomic E-state index is 10.5. The van der Waals surface area contributed by atoms with Crippen LogP contribution in [0.1, 0.15) is 6.92 Å². The predicted molar refractivity (Wildman–Crippen MR) is 61.9 cm³/mol. The van der Waals surface area contributed by atoms with Crippen LogP contribution < -0.4 is 4.74 Å². The van der Waals surface area contributed by atoms with Gasteiger partial charge in [-0.2, -0.15) is 0 Å². The Balaban J connectivity index is 2.78. The van der Waals surface area contributed by atoms with Crippen molar-refractivity contribution in [3.05, 3.63) is 26.8 Å². The number of aliphatic carboxylic acids is 1. The lowest BCUT2D eigenvalue weighted by Crippen LogP contribution is -2.22. The Bertz CT molecular complexity index is 354. The second-order valence-corrected chi connectivity index (χ2v) is 4.24. The van der Waals surface area contributed by atoms with Crippen molar-refractivity contribution in [2.45, 2.75) is 13.0 Å². The highest BCUT2D eigenvalue weighted by Crippen LogP contribution is 2.24. The van der Waals surface area contributed by atoms with Gasteiger partial charge in [-0.15, -0.1) is 0 Å². The summed E-state index contributed by atoms with van der Waals surface area (Å²) in [6, 6.07) is 5.01. The standard InChI is InChI=1S/C9H8ClIO3/c1-5(9(12)13)14-6-2-3-7(10)8(11)4-6/h2-5H,1H3,(H,12,13). The van der Waals surface area contributed by atoms with Gasteiger partial charge in [-0.3, -0.25) is 0 Å². The number of benzene rings is 1. The second-order valence-electron chi connectivity index (χ2n) is 2.67. The Morgan fingerprint density at radius 3 is 2.79 bits per heavy atom. The summed E-state index contributed by atoms with van der Waals surface area (Å²) in [6.07, 6.45) is -0.855. The first-order valence-corrected chi connectivity index (χ1v) is 5.31. The molecule has 1 unspecified atom stereocenters. The summed E-state index contributed by atoms with van der Waals surface area (Å²) >= 11 is 7.86. The molecule has 0 aromatic heterocycles. The molecule has 1 N–H and O–H groups in total.